The quantitative estimate of drug-likeness (QED) is 0.436. The number of esters is 1. The van der Waals surface area contributed by atoms with E-state index in [4.69, 9.17) is 4.74 Å². The highest BCUT2D eigenvalue weighted by molar-refractivity contribution is 9.10. The lowest BCUT2D eigenvalue weighted by molar-refractivity contribution is -0.142. The van der Waals surface area contributed by atoms with Gasteiger partial charge in [-0.15, -0.1) is 0 Å². The first-order chi connectivity index (χ1) is 12.0. The summed E-state index contributed by atoms with van der Waals surface area (Å²) < 4.78 is 5.64. The fourth-order valence-corrected chi connectivity index (χ4v) is 2.85. The molecule has 1 aliphatic rings. The minimum Gasteiger partial charge on any atom is -0.456 e. The number of nitrogens with zero attached hydrogens (tertiary/aromatic N) is 1. The summed E-state index contributed by atoms with van der Waals surface area (Å²) in [5.41, 5.74) is 0.902. The summed E-state index contributed by atoms with van der Waals surface area (Å²) in [6.07, 6.45) is 0. The summed E-state index contributed by atoms with van der Waals surface area (Å²) in [6.45, 7) is -0.990. The standard InChI is InChI=1S/C18H12BrNO5/c19-12-5-3-4-11(8-12)15(21)10-25-16(22)9-20-17(23)13-6-1-2-7-14(13)18(20)24/h1-8H,9-10H2. The summed E-state index contributed by atoms with van der Waals surface area (Å²) in [4.78, 5) is 49.1. The Morgan fingerprint density at radius 3 is 2.20 bits per heavy atom. The Kier molecular flexibility index (Phi) is 4.76. The maximum atomic E-state index is 12.2. The van der Waals surface area contributed by atoms with Crippen LogP contribution in [0.3, 0.4) is 0 Å². The lowest BCUT2D eigenvalue weighted by atomic mass is 10.1. The van der Waals surface area contributed by atoms with Crippen molar-refractivity contribution in [2.75, 3.05) is 13.2 Å². The molecular weight excluding hydrogens is 390 g/mol. The first kappa shape index (κ1) is 17.0. The van der Waals surface area contributed by atoms with Gasteiger partial charge in [-0.1, -0.05) is 40.2 Å². The molecule has 1 aliphatic heterocycles. The van der Waals surface area contributed by atoms with Gasteiger partial charge >= 0.3 is 5.97 Å². The van der Waals surface area contributed by atoms with Crippen molar-refractivity contribution in [2.45, 2.75) is 0 Å². The summed E-state index contributed by atoms with van der Waals surface area (Å²) in [5, 5.41) is 0. The molecule has 0 aliphatic carbocycles. The predicted octanol–water partition coefficient (Wildman–Crippen LogP) is 2.47. The number of amides is 2. The fourth-order valence-electron chi connectivity index (χ4n) is 2.45. The topological polar surface area (TPSA) is 80.8 Å². The first-order valence-electron chi connectivity index (χ1n) is 7.37. The highest BCUT2D eigenvalue weighted by Crippen LogP contribution is 2.22. The van der Waals surface area contributed by atoms with E-state index in [0.717, 1.165) is 9.37 Å². The molecule has 2 aromatic carbocycles. The number of fused-ring (bicyclic) bond motifs is 1. The van der Waals surface area contributed by atoms with Gasteiger partial charge in [0.1, 0.15) is 6.54 Å². The van der Waals surface area contributed by atoms with E-state index in [2.05, 4.69) is 15.9 Å². The van der Waals surface area contributed by atoms with E-state index in [-0.39, 0.29) is 16.9 Å². The van der Waals surface area contributed by atoms with E-state index in [9.17, 15) is 19.2 Å². The largest absolute Gasteiger partial charge is 0.456 e. The smallest absolute Gasteiger partial charge is 0.326 e. The van der Waals surface area contributed by atoms with Gasteiger partial charge in [0.2, 0.25) is 0 Å². The van der Waals surface area contributed by atoms with Gasteiger partial charge in [-0.3, -0.25) is 24.1 Å². The third-order valence-electron chi connectivity index (χ3n) is 3.68. The molecule has 1 heterocycles. The monoisotopic (exact) mass is 401 g/mol. The molecule has 0 aromatic heterocycles. The van der Waals surface area contributed by atoms with Crippen molar-refractivity contribution in [2.24, 2.45) is 0 Å². The van der Waals surface area contributed by atoms with Crippen LogP contribution in [0.5, 0.6) is 0 Å². The predicted molar refractivity (Wildman–Crippen MR) is 91.2 cm³/mol. The molecule has 0 saturated carbocycles. The maximum Gasteiger partial charge on any atom is 0.326 e. The van der Waals surface area contributed by atoms with Crippen molar-refractivity contribution in [3.63, 3.8) is 0 Å². The number of benzene rings is 2. The van der Waals surface area contributed by atoms with Crippen LogP contribution in [-0.2, 0) is 9.53 Å². The average Bonchev–Trinajstić information content (AvgIpc) is 2.85. The van der Waals surface area contributed by atoms with Crippen LogP contribution in [-0.4, -0.2) is 41.6 Å². The minimum absolute atomic E-state index is 0.255. The lowest BCUT2D eigenvalue weighted by Gasteiger charge is -2.12. The Morgan fingerprint density at radius 1 is 0.960 bits per heavy atom. The Morgan fingerprint density at radius 2 is 1.60 bits per heavy atom. The molecule has 6 nitrogen and oxygen atoms in total. The van der Waals surface area contributed by atoms with Gasteiger partial charge in [0.15, 0.2) is 12.4 Å². The third kappa shape index (κ3) is 3.51. The van der Waals surface area contributed by atoms with Crippen LogP contribution in [0.25, 0.3) is 0 Å². The molecule has 2 aromatic rings. The first-order valence-corrected chi connectivity index (χ1v) is 8.16. The van der Waals surface area contributed by atoms with Gasteiger partial charge in [-0.05, 0) is 24.3 Å². The molecule has 2 amide bonds. The van der Waals surface area contributed by atoms with Crippen LogP contribution in [0.2, 0.25) is 0 Å². The second kappa shape index (κ2) is 6.98. The molecule has 7 heteroatoms. The van der Waals surface area contributed by atoms with Gasteiger partial charge in [0, 0.05) is 10.0 Å². The summed E-state index contributed by atoms with van der Waals surface area (Å²) in [5.74, 6) is -2.29. The van der Waals surface area contributed by atoms with Crippen LogP contribution < -0.4 is 0 Å². The van der Waals surface area contributed by atoms with Crippen LogP contribution in [0, 0.1) is 0 Å². The second-order valence-electron chi connectivity index (χ2n) is 5.34. The molecular formula is C18H12BrNO5. The molecule has 0 fully saturated rings. The van der Waals surface area contributed by atoms with Crippen molar-refractivity contribution < 1.29 is 23.9 Å². The number of carbonyl (C=O) groups is 4. The van der Waals surface area contributed by atoms with Gasteiger partial charge in [0.25, 0.3) is 11.8 Å². The van der Waals surface area contributed by atoms with Gasteiger partial charge in [0.05, 0.1) is 11.1 Å². The molecule has 25 heavy (non-hydrogen) atoms. The number of ether oxygens (including phenoxy) is 1. The Balaban J connectivity index is 1.60. The number of rotatable bonds is 5. The van der Waals surface area contributed by atoms with E-state index in [1.54, 1.807) is 36.4 Å². The minimum atomic E-state index is -0.821. The van der Waals surface area contributed by atoms with Crippen molar-refractivity contribution in [1.82, 2.24) is 4.90 Å². The van der Waals surface area contributed by atoms with Crippen LogP contribution in [0.4, 0.5) is 0 Å². The number of Topliss-reactive ketones (excluding diaryl/α,β-unsaturated/α-hetero) is 1. The summed E-state index contributed by atoms with van der Waals surface area (Å²) in [6, 6.07) is 13.0. The van der Waals surface area contributed by atoms with E-state index in [1.165, 1.54) is 12.1 Å². The number of carbonyl (C=O) groups excluding carboxylic acids is 4. The van der Waals surface area contributed by atoms with Gasteiger partial charge in [-0.2, -0.15) is 0 Å². The molecule has 0 N–H and O–H groups in total. The van der Waals surface area contributed by atoms with Crippen molar-refractivity contribution in [3.05, 3.63) is 69.7 Å². The SMILES string of the molecule is O=C(CN1C(=O)c2ccccc2C1=O)OCC(=O)c1cccc(Br)c1. The molecule has 0 saturated heterocycles. The molecule has 0 bridgehead atoms. The van der Waals surface area contributed by atoms with Crippen molar-refractivity contribution >= 4 is 39.5 Å². The molecule has 0 unspecified atom stereocenters. The highest BCUT2D eigenvalue weighted by Gasteiger charge is 2.36. The second-order valence-corrected chi connectivity index (χ2v) is 6.25. The highest BCUT2D eigenvalue weighted by atomic mass is 79.9. The molecule has 3 rings (SSSR count). The van der Waals surface area contributed by atoms with E-state index in [0.29, 0.717) is 5.56 Å². The normalized spacial score (nSPS) is 12.9. The third-order valence-corrected chi connectivity index (χ3v) is 4.17. The Hall–Kier alpha value is -2.80. The van der Waals surface area contributed by atoms with Crippen molar-refractivity contribution in [1.29, 1.82) is 0 Å². The Labute approximate surface area is 151 Å². The van der Waals surface area contributed by atoms with Crippen LogP contribution in [0.1, 0.15) is 31.1 Å². The molecule has 0 atom stereocenters. The number of hydrogen-bond donors (Lipinski definition) is 0. The zero-order chi connectivity index (χ0) is 18.0. The molecule has 0 spiro atoms. The number of imide groups is 1. The Bertz CT molecular complexity index is 858. The number of halogens is 1. The number of hydrogen-bond acceptors (Lipinski definition) is 5. The van der Waals surface area contributed by atoms with E-state index >= 15 is 0 Å². The zero-order valence-corrected chi connectivity index (χ0v) is 14.5. The van der Waals surface area contributed by atoms with Crippen LogP contribution >= 0.6 is 15.9 Å². The van der Waals surface area contributed by atoms with E-state index < -0.39 is 30.9 Å². The molecule has 0 radical (unpaired) electrons. The lowest BCUT2D eigenvalue weighted by Crippen LogP contribution is -2.36. The molecule has 126 valence electrons. The van der Waals surface area contributed by atoms with Gasteiger partial charge < -0.3 is 4.74 Å². The fraction of sp³-hybridized carbons (Fsp3) is 0.111. The maximum absolute atomic E-state index is 12.2. The van der Waals surface area contributed by atoms with Gasteiger partial charge in [-0.25, -0.2) is 0 Å². The average molecular weight is 402 g/mol. The zero-order valence-electron chi connectivity index (χ0n) is 12.9. The summed E-state index contributed by atoms with van der Waals surface area (Å²) >= 11 is 3.25. The van der Waals surface area contributed by atoms with Crippen molar-refractivity contribution in [3.8, 4) is 0 Å². The van der Waals surface area contributed by atoms with E-state index in [1.807, 2.05) is 0 Å². The summed E-state index contributed by atoms with van der Waals surface area (Å²) in [7, 11) is 0. The van der Waals surface area contributed by atoms with Crippen LogP contribution in [0.15, 0.2) is 53.0 Å². The number of ketones is 1.